The molecule has 29 heavy (non-hydrogen) atoms. The van der Waals surface area contributed by atoms with Crippen molar-refractivity contribution in [3.8, 4) is 0 Å². The van der Waals surface area contributed by atoms with Crippen molar-refractivity contribution in [2.24, 2.45) is 17.8 Å². The Morgan fingerprint density at radius 3 is 1.66 bits per heavy atom. The van der Waals surface area contributed by atoms with E-state index in [-0.39, 0.29) is 5.97 Å². The molecule has 0 spiro atoms. The zero-order valence-corrected chi connectivity index (χ0v) is 20.7. The Labute approximate surface area is 183 Å². The summed E-state index contributed by atoms with van der Waals surface area (Å²) in [6.45, 7) is 14.2. The average molecular weight is 409 g/mol. The van der Waals surface area contributed by atoms with Crippen LogP contribution in [-0.4, -0.2) is 12.6 Å². The zero-order chi connectivity index (χ0) is 21.9. The molecule has 0 saturated heterocycles. The molecule has 2 heteroatoms. The number of esters is 1. The van der Waals surface area contributed by atoms with Gasteiger partial charge in [-0.15, -0.1) is 0 Å². The van der Waals surface area contributed by atoms with Crippen LogP contribution in [0.3, 0.4) is 0 Å². The molecule has 0 radical (unpaired) electrons. The Bertz CT molecular complexity index is 407. The topological polar surface area (TPSA) is 26.3 Å². The summed E-state index contributed by atoms with van der Waals surface area (Å²) in [6, 6.07) is 0. The summed E-state index contributed by atoms with van der Waals surface area (Å²) in [5.41, 5.74) is 0.931. The molecule has 0 aromatic heterocycles. The SMILES string of the molecule is CC(C)CCCCCC=C(CCCCCC(C)C)C(=O)OCCCCCC(C)C. The van der Waals surface area contributed by atoms with Gasteiger partial charge in [0.25, 0.3) is 0 Å². The summed E-state index contributed by atoms with van der Waals surface area (Å²) in [4.78, 5) is 12.6. The number of carbonyl (C=O) groups excluding carboxylic acids is 1. The number of hydrogen-bond acceptors (Lipinski definition) is 2. The number of allylic oxidation sites excluding steroid dienone is 1. The van der Waals surface area contributed by atoms with Crippen LogP contribution >= 0.6 is 0 Å². The summed E-state index contributed by atoms with van der Waals surface area (Å²) in [7, 11) is 0. The molecule has 0 aromatic rings. The number of unbranched alkanes of at least 4 members (excludes halogenated alkanes) is 7. The van der Waals surface area contributed by atoms with E-state index in [2.05, 4.69) is 47.6 Å². The molecule has 0 aliphatic rings. The third-order valence-electron chi connectivity index (χ3n) is 5.53. The minimum Gasteiger partial charge on any atom is -0.462 e. The van der Waals surface area contributed by atoms with Crippen LogP contribution in [-0.2, 0) is 9.53 Å². The van der Waals surface area contributed by atoms with Crippen molar-refractivity contribution in [2.45, 2.75) is 131 Å². The number of hydrogen-bond donors (Lipinski definition) is 0. The zero-order valence-electron chi connectivity index (χ0n) is 20.7. The van der Waals surface area contributed by atoms with Crippen molar-refractivity contribution in [3.05, 3.63) is 11.6 Å². The van der Waals surface area contributed by atoms with Gasteiger partial charge in [-0.3, -0.25) is 0 Å². The van der Waals surface area contributed by atoms with E-state index in [0.717, 1.165) is 55.4 Å². The lowest BCUT2D eigenvalue weighted by molar-refractivity contribution is -0.139. The molecule has 0 amide bonds. The second kappa shape index (κ2) is 19.2. The van der Waals surface area contributed by atoms with E-state index in [1.807, 2.05) is 0 Å². The molecule has 0 atom stereocenters. The molecule has 0 aliphatic heterocycles. The summed E-state index contributed by atoms with van der Waals surface area (Å²) in [5, 5.41) is 0. The van der Waals surface area contributed by atoms with Gasteiger partial charge in [0.15, 0.2) is 0 Å². The van der Waals surface area contributed by atoms with Crippen LogP contribution in [0.5, 0.6) is 0 Å². The standard InChI is InChI=1S/C27H52O2/c1-23(2)17-11-7-8-14-20-26(21-15-9-12-18-24(3)4)27(28)29-22-16-10-13-19-25(5)6/h20,23-25H,7-19,21-22H2,1-6H3. The third kappa shape index (κ3) is 20.3. The van der Waals surface area contributed by atoms with Crippen molar-refractivity contribution in [1.29, 1.82) is 0 Å². The Morgan fingerprint density at radius 2 is 1.14 bits per heavy atom. The summed E-state index contributed by atoms with van der Waals surface area (Å²) in [5.74, 6) is 2.28. The molecule has 0 bridgehead atoms. The van der Waals surface area contributed by atoms with Gasteiger partial charge in [0.05, 0.1) is 6.61 Å². The maximum atomic E-state index is 12.6. The first-order valence-electron chi connectivity index (χ1n) is 12.7. The first-order chi connectivity index (χ1) is 13.8. The summed E-state index contributed by atoms with van der Waals surface area (Å²) >= 11 is 0. The monoisotopic (exact) mass is 408 g/mol. The Morgan fingerprint density at radius 1 is 0.655 bits per heavy atom. The van der Waals surface area contributed by atoms with Crippen molar-refractivity contribution >= 4 is 5.97 Å². The fraction of sp³-hybridized carbons (Fsp3) is 0.889. The van der Waals surface area contributed by atoms with Crippen LogP contribution in [0.2, 0.25) is 0 Å². The molecule has 0 aromatic carbocycles. The first kappa shape index (κ1) is 28.2. The second-order valence-electron chi connectivity index (χ2n) is 10.1. The number of carbonyl (C=O) groups is 1. The van der Waals surface area contributed by atoms with Gasteiger partial charge in [-0.1, -0.05) is 105 Å². The smallest absolute Gasteiger partial charge is 0.333 e. The highest BCUT2D eigenvalue weighted by atomic mass is 16.5. The lowest BCUT2D eigenvalue weighted by Crippen LogP contribution is -2.09. The fourth-order valence-corrected chi connectivity index (χ4v) is 3.57. The van der Waals surface area contributed by atoms with Crippen LogP contribution in [0.1, 0.15) is 131 Å². The van der Waals surface area contributed by atoms with Crippen molar-refractivity contribution in [1.82, 2.24) is 0 Å². The van der Waals surface area contributed by atoms with Gasteiger partial charge in [-0.2, -0.15) is 0 Å². The van der Waals surface area contributed by atoms with Crippen molar-refractivity contribution < 1.29 is 9.53 Å². The summed E-state index contributed by atoms with van der Waals surface area (Å²) < 4.78 is 5.61. The van der Waals surface area contributed by atoms with Crippen LogP contribution in [0.25, 0.3) is 0 Å². The fourth-order valence-electron chi connectivity index (χ4n) is 3.57. The minimum absolute atomic E-state index is 0.0556. The van der Waals surface area contributed by atoms with Crippen LogP contribution in [0.4, 0.5) is 0 Å². The maximum Gasteiger partial charge on any atom is 0.333 e. The van der Waals surface area contributed by atoms with Crippen molar-refractivity contribution in [2.75, 3.05) is 6.61 Å². The van der Waals surface area contributed by atoms with E-state index in [0.29, 0.717) is 6.61 Å². The van der Waals surface area contributed by atoms with Gasteiger partial charge in [-0.05, 0) is 49.9 Å². The van der Waals surface area contributed by atoms with Crippen LogP contribution in [0, 0.1) is 17.8 Å². The molecular formula is C27H52O2. The predicted molar refractivity (Wildman–Crippen MR) is 128 cm³/mol. The molecule has 172 valence electrons. The molecule has 0 unspecified atom stereocenters. The molecule has 0 aliphatic carbocycles. The minimum atomic E-state index is -0.0556. The van der Waals surface area contributed by atoms with E-state index in [9.17, 15) is 4.79 Å². The second-order valence-corrected chi connectivity index (χ2v) is 10.1. The van der Waals surface area contributed by atoms with Gasteiger partial charge in [0.1, 0.15) is 0 Å². The average Bonchev–Trinajstić information content (AvgIpc) is 2.64. The lowest BCUT2D eigenvalue weighted by atomic mass is 10.0. The van der Waals surface area contributed by atoms with E-state index >= 15 is 0 Å². The normalized spacial score (nSPS) is 12.4. The van der Waals surface area contributed by atoms with Gasteiger partial charge in [0, 0.05) is 5.57 Å². The van der Waals surface area contributed by atoms with E-state index in [1.54, 1.807) is 0 Å². The highest BCUT2D eigenvalue weighted by Crippen LogP contribution is 2.17. The first-order valence-corrected chi connectivity index (χ1v) is 12.7. The van der Waals surface area contributed by atoms with E-state index < -0.39 is 0 Å². The van der Waals surface area contributed by atoms with Crippen LogP contribution < -0.4 is 0 Å². The van der Waals surface area contributed by atoms with Crippen LogP contribution in [0.15, 0.2) is 11.6 Å². The van der Waals surface area contributed by atoms with Gasteiger partial charge < -0.3 is 4.74 Å². The Hall–Kier alpha value is -0.790. The van der Waals surface area contributed by atoms with E-state index in [1.165, 1.54) is 57.8 Å². The van der Waals surface area contributed by atoms with Gasteiger partial charge >= 0.3 is 5.97 Å². The molecule has 0 N–H and O–H groups in total. The highest BCUT2D eigenvalue weighted by molar-refractivity contribution is 5.88. The summed E-state index contributed by atoms with van der Waals surface area (Å²) in [6.07, 6.45) is 18.7. The quantitative estimate of drug-likeness (QED) is 0.121. The Balaban J connectivity index is 4.26. The highest BCUT2D eigenvalue weighted by Gasteiger charge is 2.11. The molecular weight excluding hydrogens is 356 g/mol. The molecule has 0 saturated carbocycles. The Kier molecular flexibility index (Phi) is 18.7. The third-order valence-corrected chi connectivity index (χ3v) is 5.53. The van der Waals surface area contributed by atoms with Gasteiger partial charge in [-0.25, -0.2) is 4.79 Å². The largest absolute Gasteiger partial charge is 0.462 e. The molecule has 2 nitrogen and oxygen atoms in total. The maximum absolute atomic E-state index is 12.6. The van der Waals surface area contributed by atoms with Gasteiger partial charge in [0.2, 0.25) is 0 Å². The predicted octanol–water partition coefficient (Wildman–Crippen LogP) is 8.89. The molecule has 0 heterocycles. The number of rotatable bonds is 19. The lowest BCUT2D eigenvalue weighted by Gasteiger charge is -2.10. The van der Waals surface area contributed by atoms with E-state index in [4.69, 9.17) is 4.74 Å². The molecule has 0 fully saturated rings. The molecule has 0 rings (SSSR count). The number of ether oxygens (including phenoxy) is 1. The van der Waals surface area contributed by atoms with Crippen molar-refractivity contribution in [3.63, 3.8) is 0 Å².